The van der Waals surface area contributed by atoms with E-state index < -0.39 is 42.1 Å². The summed E-state index contributed by atoms with van der Waals surface area (Å²) in [4.78, 5) is 25.6. The van der Waals surface area contributed by atoms with E-state index in [-0.39, 0.29) is 25.2 Å². The third kappa shape index (κ3) is 7.38. The van der Waals surface area contributed by atoms with Gasteiger partial charge in [-0.05, 0) is 31.5 Å². The van der Waals surface area contributed by atoms with Gasteiger partial charge in [0.2, 0.25) is 0 Å². The molecular formula is C32H34O7S. The van der Waals surface area contributed by atoms with Crippen LogP contribution in [-0.4, -0.2) is 48.2 Å². The Bertz CT molecular complexity index is 1250. The van der Waals surface area contributed by atoms with E-state index in [0.717, 1.165) is 21.6 Å². The van der Waals surface area contributed by atoms with Gasteiger partial charge in [-0.2, -0.15) is 0 Å². The fraction of sp³-hybridized carbons (Fsp3) is 0.375. The first-order valence-corrected chi connectivity index (χ1v) is 14.4. The van der Waals surface area contributed by atoms with Crippen LogP contribution in [0.4, 0.5) is 0 Å². The fourth-order valence-electron chi connectivity index (χ4n) is 4.74. The summed E-state index contributed by atoms with van der Waals surface area (Å²) in [5.74, 6) is -0.544. The Labute approximate surface area is 239 Å². The standard InChI is InChI=1S/C32H34O7S/c1-21-13-16-25(17-14-21)40-32-30(35-19-23-9-5-3-6-10-23)29(38-27(34)18-15-22(2)33)28-26(37-32)20-36-31(39-28)24-11-7-4-8-12-24/h3-14,16-17,26,28-32H,15,18-20H2,1-2H3/t26-,28+,29+,30-,31?,32?/m1/s1. The first kappa shape index (κ1) is 28.5. The number of fused-ring (bicyclic) bond motifs is 1. The van der Waals surface area contributed by atoms with Gasteiger partial charge < -0.3 is 28.5 Å². The largest absolute Gasteiger partial charge is 0.457 e. The minimum atomic E-state index is -0.778. The van der Waals surface area contributed by atoms with E-state index in [2.05, 4.69) is 0 Å². The van der Waals surface area contributed by atoms with Crippen molar-refractivity contribution in [1.82, 2.24) is 0 Å². The number of thioether (sulfide) groups is 1. The highest BCUT2D eigenvalue weighted by Gasteiger charge is 2.52. The lowest BCUT2D eigenvalue weighted by atomic mass is 9.98. The molecule has 0 aliphatic carbocycles. The predicted molar refractivity (Wildman–Crippen MR) is 151 cm³/mol. The van der Waals surface area contributed by atoms with Crippen molar-refractivity contribution in [3.8, 4) is 0 Å². The minimum absolute atomic E-state index is 0.0101. The zero-order valence-electron chi connectivity index (χ0n) is 22.6. The summed E-state index contributed by atoms with van der Waals surface area (Å²) < 4.78 is 31.6. The molecule has 0 aromatic heterocycles. The SMILES string of the molecule is CC(=O)CCC(=O)O[C@H]1[C@H]2OC(c3ccccc3)OC[C@H]2OC(Sc2ccc(C)cc2)[C@@H]1OCc1ccccc1. The Hall–Kier alpha value is -3.01. The monoisotopic (exact) mass is 562 g/mol. The van der Waals surface area contributed by atoms with Crippen molar-refractivity contribution in [1.29, 1.82) is 0 Å². The Morgan fingerprint density at radius 2 is 1.57 bits per heavy atom. The van der Waals surface area contributed by atoms with E-state index in [9.17, 15) is 9.59 Å². The molecule has 0 saturated carbocycles. The van der Waals surface area contributed by atoms with Gasteiger partial charge in [-0.1, -0.05) is 90.1 Å². The van der Waals surface area contributed by atoms with Crippen molar-refractivity contribution < 1.29 is 33.3 Å². The lowest BCUT2D eigenvalue weighted by molar-refractivity contribution is -0.324. The quantitative estimate of drug-likeness (QED) is 0.287. The lowest BCUT2D eigenvalue weighted by Crippen LogP contribution is -2.62. The van der Waals surface area contributed by atoms with Crippen molar-refractivity contribution in [3.63, 3.8) is 0 Å². The summed E-state index contributed by atoms with van der Waals surface area (Å²) in [7, 11) is 0. The van der Waals surface area contributed by atoms with Crippen LogP contribution in [0.15, 0.2) is 89.8 Å². The molecule has 2 unspecified atom stereocenters. The summed E-state index contributed by atoms with van der Waals surface area (Å²) in [6.07, 6.45) is -3.07. The number of hydrogen-bond acceptors (Lipinski definition) is 8. The first-order valence-electron chi connectivity index (χ1n) is 13.5. The molecule has 40 heavy (non-hydrogen) atoms. The van der Waals surface area contributed by atoms with Crippen LogP contribution in [-0.2, 0) is 39.9 Å². The van der Waals surface area contributed by atoms with Crippen molar-refractivity contribution in [2.45, 2.75) is 74.3 Å². The van der Waals surface area contributed by atoms with Gasteiger partial charge in [0.05, 0.1) is 19.6 Å². The van der Waals surface area contributed by atoms with Crippen molar-refractivity contribution >= 4 is 23.5 Å². The van der Waals surface area contributed by atoms with Gasteiger partial charge in [-0.3, -0.25) is 4.79 Å². The summed E-state index contributed by atoms with van der Waals surface area (Å²) >= 11 is 1.51. The summed E-state index contributed by atoms with van der Waals surface area (Å²) in [6, 6.07) is 27.6. The van der Waals surface area contributed by atoms with E-state index in [1.165, 1.54) is 18.7 Å². The topological polar surface area (TPSA) is 80.3 Å². The van der Waals surface area contributed by atoms with Crippen molar-refractivity contribution in [2.24, 2.45) is 0 Å². The Morgan fingerprint density at radius 3 is 2.27 bits per heavy atom. The number of rotatable bonds is 10. The van der Waals surface area contributed by atoms with E-state index >= 15 is 0 Å². The second kappa shape index (κ2) is 13.6. The number of Topliss-reactive ketones (excluding diaryl/α,β-unsaturated/α-hetero) is 1. The number of carbonyl (C=O) groups excluding carboxylic acids is 2. The van der Waals surface area contributed by atoms with E-state index in [1.54, 1.807) is 0 Å². The molecule has 2 aliphatic rings. The number of ketones is 1. The number of benzene rings is 3. The van der Waals surface area contributed by atoms with Crippen molar-refractivity contribution in [2.75, 3.05) is 6.61 Å². The molecule has 0 bridgehead atoms. The first-order chi connectivity index (χ1) is 19.5. The van der Waals surface area contributed by atoms with Crippen LogP contribution in [0.1, 0.15) is 42.7 Å². The minimum Gasteiger partial charge on any atom is -0.457 e. The van der Waals surface area contributed by atoms with Crippen molar-refractivity contribution in [3.05, 3.63) is 102 Å². The van der Waals surface area contributed by atoms with Gasteiger partial charge in [0.15, 0.2) is 12.4 Å². The maximum atomic E-state index is 13.0. The molecule has 0 radical (unpaired) electrons. The van der Waals surface area contributed by atoms with Gasteiger partial charge in [-0.15, -0.1) is 0 Å². The molecule has 2 saturated heterocycles. The molecule has 7 nitrogen and oxygen atoms in total. The molecule has 0 N–H and O–H groups in total. The third-order valence-corrected chi connectivity index (χ3v) is 8.02. The molecule has 3 aromatic rings. The van der Waals surface area contributed by atoms with E-state index in [4.69, 9.17) is 23.7 Å². The second-order valence-corrected chi connectivity index (χ2v) is 11.2. The number of aryl methyl sites for hydroxylation is 1. The maximum absolute atomic E-state index is 13.0. The van der Waals surface area contributed by atoms with Gasteiger partial charge >= 0.3 is 5.97 Å². The molecule has 2 fully saturated rings. The summed E-state index contributed by atoms with van der Waals surface area (Å²) in [5, 5.41) is 0. The van der Waals surface area contributed by atoms with Crippen LogP contribution in [0.2, 0.25) is 0 Å². The molecule has 5 rings (SSSR count). The summed E-state index contributed by atoms with van der Waals surface area (Å²) in [6.45, 7) is 4.07. The second-order valence-electron chi connectivity index (χ2n) is 10.1. The average molecular weight is 563 g/mol. The van der Waals surface area contributed by atoms with Gasteiger partial charge in [0.1, 0.15) is 29.5 Å². The highest BCUT2D eigenvalue weighted by atomic mass is 32.2. The number of esters is 1. The van der Waals surface area contributed by atoms with Crippen LogP contribution in [0.25, 0.3) is 0 Å². The third-order valence-electron chi connectivity index (χ3n) is 6.86. The van der Waals surface area contributed by atoms with Gasteiger partial charge in [-0.25, -0.2) is 0 Å². The lowest BCUT2D eigenvalue weighted by Gasteiger charge is -2.48. The van der Waals surface area contributed by atoms with Gasteiger partial charge in [0, 0.05) is 16.9 Å². The smallest absolute Gasteiger partial charge is 0.306 e. The molecule has 8 heteroatoms. The number of ether oxygens (including phenoxy) is 5. The zero-order valence-corrected chi connectivity index (χ0v) is 23.5. The molecule has 2 heterocycles. The van der Waals surface area contributed by atoms with Crippen LogP contribution in [0.3, 0.4) is 0 Å². The molecule has 2 aliphatic heterocycles. The highest BCUT2D eigenvalue weighted by Crippen LogP contribution is 2.41. The Morgan fingerprint density at radius 1 is 0.875 bits per heavy atom. The Kier molecular flexibility index (Phi) is 9.67. The molecule has 3 aromatic carbocycles. The molecule has 210 valence electrons. The van der Waals surface area contributed by atoms with Crippen LogP contribution >= 0.6 is 11.8 Å². The normalized spacial score (nSPS) is 26.1. The molecule has 6 atom stereocenters. The van der Waals surface area contributed by atoms with Crippen LogP contribution in [0.5, 0.6) is 0 Å². The average Bonchev–Trinajstić information content (AvgIpc) is 2.97. The Balaban J connectivity index is 1.44. The maximum Gasteiger partial charge on any atom is 0.306 e. The van der Waals surface area contributed by atoms with Crippen LogP contribution in [0, 0.1) is 6.92 Å². The van der Waals surface area contributed by atoms with E-state index in [0.29, 0.717) is 6.61 Å². The van der Waals surface area contributed by atoms with E-state index in [1.807, 2.05) is 91.9 Å². The molecule has 0 spiro atoms. The molecular weight excluding hydrogens is 528 g/mol. The number of hydrogen-bond donors (Lipinski definition) is 0. The predicted octanol–water partition coefficient (Wildman–Crippen LogP) is 5.79. The highest BCUT2D eigenvalue weighted by molar-refractivity contribution is 7.99. The molecule has 0 amide bonds. The summed E-state index contributed by atoms with van der Waals surface area (Å²) in [5.41, 5.74) is 2.50. The zero-order chi connectivity index (χ0) is 27.9. The fourth-order valence-corrected chi connectivity index (χ4v) is 5.87. The van der Waals surface area contributed by atoms with Crippen LogP contribution < -0.4 is 0 Å². The van der Waals surface area contributed by atoms with Gasteiger partial charge in [0.25, 0.3) is 0 Å². The number of carbonyl (C=O) groups is 2.